The molecule has 1 N–H and O–H groups in total. The number of hydrogen-bond donors (Lipinski definition) is 1. The Bertz CT molecular complexity index is 263. The minimum absolute atomic E-state index is 0. The highest BCUT2D eigenvalue weighted by molar-refractivity contribution is 5.85. The maximum Gasteiger partial charge on any atom is 0.236 e. The Morgan fingerprint density at radius 2 is 1.89 bits per heavy atom. The molecule has 0 spiro atoms. The molecule has 1 amide bonds. The number of likely N-dealkylation sites (tertiary alicyclic amines) is 1. The van der Waals surface area contributed by atoms with Gasteiger partial charge in [0.2, 0.25) is 5.91 Å². The van der Waals surface area contributed by atoms with Crippen LogP contribution in [0.2, 0.25) is 0 Å². The van der Waals surface area contributed by atoms with E-state index in [1.165, 1.54) is 12.8 Å². The molecule has 0 unspecified atom stereocenters. The van der Waals surface area contributed by atoms with Crippen molar-refractivity contribution in [1.29, 1.82) is 0 Å². The SMILES string of the molecule is CN1CCC(N(C)C(=O)CNCC2CC2)CC1.Cl. The van der Waals surface area contributed by atoms with Gasteiger partial charge in [0.15, 0.2) is 0 Å². The molecule has 0 aromatic rings. The first-order valence-corrected chi connectivity index (χ1v) is 6.81. The summed E-state index contributed by atoms with van der Waals surface area (Å²) in [6.07, 6.45) is 4.90. The van der Waals surface area contributed by atoms with Gasteiger partial charge in [-0.05, 0) is 58.3 Å². The Morgan fingerprint density at radius 1 is 1.28 bits per heavy atom. The second-order valence-corrected chi connectivity index (χ2v) is 5.61. The second-order valence-electron chi connectivity index (χ2n) is 5.61. The van der Waals surface area contributed by atoms with E-state index in [0.29, 0.717) is 12.6 Å². The van der Waals surface area contributed by atoms with E-state index in [-0.39, 0.29) is 18.3 Å². The van der Waals surface area contributed by atoms with Crippen LogP contribution in [0.5, 0.6) is 0 Å². The summed E-state index contributed by atoms with van der Waals surface area (Å²) >= 11 is 0. The quantitative estimate of drug-likeness (QED) is 0.812. The summed E-state index contributed by atoms with van der Waals surface area (Å²) in [5.74, 6) is 1.09. The number of piperidine rings is 1. The number of nitrogens with zero attached hydrogens (tertiary/aromatic N) is 2. The number of hydrogen-bond acceptors (Lipinski definition) is 3. The molecule has 0 aromatic carbocycles. The molecule has 0 atom stereocenters. The van der Waals surface area contributed by atoms with E-state index < -0.39 is 0 Å². The van der Waals surface area contributed by atoms with Crippen molar-refractivity contribution in [1.82, 2.24) is 15.1 Å². The molecular weight excluding hydrogens is 250 g/mol. The first kappa shape index (κ1) is 15.7. The number of likely N-dealkylation sites (N-methyl/N-ethyl adjacent to an activating group) is 1. The third kappa shape index (κ3) is 4.75. The fraction of sp³-hybridized carbons (Fsp3) is 0.923. The van der Waals surface area contributed by atoms with Gasteiger partial charge in [0.05, 0.1) is 6.54 Å². The molecule has 0 aromatic heterocycles. The molecule has 106 valence electrons. The fourth-order valence-electron chi connectivity index (χ4n) is 2.42. The molecule has 0 bridgehead atoms. The fourth-order valence-corrected chi connectivity index (χ4v) is 2.42. The second kappa shape index (κ2) is 7.31. The number of nitrogens with one attached hydrogen (secondary N) is 1. The van der Waals surface area contributed by atoms with Gasteiger partial charge in [-0.15, -0.1) is 12.4 Å². The van der Waals surface area contributed by atoms with Crippen molar-refractivity contribution in [3.8, 4) is 0 Å². The monoisotopic (exact) mass is 275 g/mol. The average molecular weight is 276 g/mol. The van der Waals surface area contributed by atoms with Crippen molar-refractivity contribution in [2.24, 2.45) is 5.92 Å². The van der Waals surface area contributed by atoms with Crippen LogP contribution in [-0.4, -0.2) is 62.0 Å². The molecule has 4 nitrogen and oxygen atoms in total. The number of halogens is 1. The minimum atomic E-state index is 0. The lowest BCUT2D eigenvalue weighted by Gasteiger charge is -2.35. The third-order valence-electron chi connectivity index (χ3n) is 4.04. The first-order chi connectivity index (χ1) is 8.16. The van der Waals surface area contributed by atoms with Crippen molar-refractivity contribution in [2.75, 3.05) is 40.3 Å². The van der Waals surface area contributed by atoms with Crippen LogP contribution < -0.4 is 5.32 Å². The molecule has 1 saturated carbocycles. The lowest BCUT2D eigenvalue weighted by molar-refractivity contribution is -0.131. The first-order valence-electron chi connectivity index (χ1n) is 6.81. The molecule has 2 fully saturated rings. The minimum Gasteiger partial charge on any atom is -0.342 e. The lowest BCUT2D eigenvalue weighted by atomic mass is 10.0. The topological polar surface area (TPSA) is 35.6 Å². The van der Waals surface area contributed by atoms with E-state index in [9.17, 15) is 4.79 Å². The van der Waals surface area contributed by atoms with Gasteiger partial charge in [-0.3, -0.25) is 4.79 Å². The third-order valence-corrected chi connectivity index (χ3v) is 4.04. The standard InChI is InChI=1S/C13H25N3O.ClH/c1-15-7-5-12(6-8-15)16(2)13(17)10-14-9-11-3-4-11;/h11-12,14H,3-10H2,1-2H3;1H. The molecule has 1 saturated heterocycles. The van der Waals surface area contributed by atoms with Crippen molar-refractivity contribution >= 4 is 18.3 Å². The van der Waals surface area contributed by atoms with E-state index in [0.717, 1.165) is 38.4 Å². The predicted molar refractivity (Wildman–Crippen MR) is 76.1 cm³/mol. The van der Waals surface area contributed by atoms with E-state index in [2.05, 4.69) is 17.3 Å². The molecular formula is C13H26ClN3O. The average Bonchev–Trinajstić information content (AvgIpc) is 3.13. The summed E-state index contributed by atoms with van der Waals surface area (Å²) in [5, 5.41) is 3.27. The summed E-state index contributed by atoms with van der Waals surface area (Å²) in [6, 6.07) is 0.446. The van der Waals surface area contributed by atoms with Gasteiger partial charge in [0.25, 0.3) is 0 Å². The molecule has 2 aliphatic rings. The van der Waals surface area contributed by atoms with E-state index in [1.807, 2.05) is 11.9 Å². The largest absolute Gasteiger partial charge is 0.342 e. The van der Waals surface area contributed by atoms with Gasteiger partial charge < -0.3 is 15.1 Å². The zero-order chi connectivity index (χ0) is 12.3. The van der Waals surface area contributed by atoms with Gasteiger partial charge in [-0.1, -0.05) is 0 Å². The van der Waals surface area contributed by atoms with Gasteiger partial charge in [0, 0.05) is 13.1 Å². The Kier molecular flexibility index (Phi) is 6.39. The molecule has 1 aliphatic carbocycles. The maximum absolute atomic E-state index is 12.0. The summed E-state index contributed by atoms with van der Waals surface area (Å²) < 4.78 is 0. The highest BCUT2D eigenvalue weighted by Crippen LogP contribution is 2.27. The lowest BCUT2D eigenvalue weighted by Crippen LogP contribution is -2.47. The van der Waals surface area contributed by atoms with Gasteiger partial charge in [-0.2, -0.15) is 0 Å². The molecule has 18 heavy (non-hydrogen) atoms. The predicted octanol–water partition coefficient (Wildman–Crippen LogP) is 0.960. The van der Waals surface area contributed by atoms with Crippen LogP contribution in [0, 0.1) is 5.92 Å². The molecule has 5 heteroatoms. The van der Waals surface area contributed by atoms with Crippen LogP contribution in [0.1, 0.15) is 25.7 Å². The number of carbonyl (C=O) groups is 1. The summed E-state index contributed by atoms with van der Waals surface area (Å²) in [6.45, 7) is 3.75. The van der Waals surface area contributed by atoms with Crippen molar-refractivity contribution in [3.63, 3.8) is 0 Å². The zero-order valence-corrected chi connectivity index (χ0v) is 12.3. The number of amides is 1. The van der Waals surface area contributed by atoms with E-state index in [1.54, 1.807) is 0 Å². The maximum atomic E-state index is 12.0. The van der Waals surface area contributed by atoms with Crippen LogP contribution >= 0.6 is 12.4 Å². The van der Waals surface area contributed by atoms with Crippen LogP contribution in [-0.2, 0) is 4.79 Å². The number of carbonyl (C=O) groups excluding carboxylic acids is 1. The Hall–Kier alpha value is -0.320. The Labute approximate surface area is 116 Å². The number of rotatable bonds is 5. The van der Waals surface area contributed by atoms with Gasteiger partial charge in [0.1, 0.15) is 0 Å². The highest BCUT2D eigenvalue weighted by Gasteiger charge is 2.24. The molecule has 0 radical (unpaired) electrons. The molecule has 1 aliphatic heterocycles. The summed E-state index contributed by atoms with van der Waals surface area (Å²) in [7, 11) is 4.10. The smallest absolute Gasteiger partial charge is 0.236 e. The zero-order valence-electron chi connectivity index (χ0n) is 11.5. The van der Waals surface area contributed by atoms with E-state index >= 15 is 0 Å². The van der Waals surface area contributed by atoms with E-state index in [4.69, 9.17) is 0 Å². The van der Waals surface area contributed by atoms with Gasteiger partial charge >= 0.3 is 0 Å². The van der Waals surface area contributed by atoms with Crippen molar-refractivity contribution < 1.29 is 4.79 Å². The summed E-state index contributed by atoms with van der Waals surface area (Å²) in [4.78, 5) is 16.3. The Morgan fingerprint density at radius 3 is 2.44 bits per heavy atom. The van der Waals surface area contributed by atoms with Crippen LogP contribution in [0.4, 0.5) is 0 Å². The summed E-state index contributed by atoms with van der Waals surface area (Å²) in [5.41, 5.74) is 0. The van der Waals surface area contributed by atoms with Crippen LogP contribution in [0.15, 0.2) is 0 Å². The highest BCUT2D eigenvalue weighted by atomic mass is 35.5. The molecule has 2 rings (SSSR count). The van der Waals surface area contributed by atoms with Gasteiger partial charge in [-0.25, -0.2) is 0 Å². The normalized spacial score (nSPS) is 21.4. The van der Waals surface area contributed by atoms with Crippen LogP contribution in [0.3, 0.4) is 0 Å². The Balaban J connectivity index is 0.00000162. The molecule has 1 heterocycles. The van der Waals surface area contributed by atoms with Crippen LogP contribution in [0.25, 0.3) is 0 Å². The van der Waals surface area contributed by atoms with Crippen molar-refractivity contribution in [2.45, 2.75) is 31.7 Å². The van der Waals surface area contributed by atoms with Crippen molar-refractivity contribution in [3.05, 3.63) is 0 Å².